The third-order valence-electron chi connectivity index (χ3n) is 4.44. The van der Waals surface area contributed by atoms with E-state index in [1.54, 1.807) is 31.2 Å². The first-order valence-corrected chi connectivity index (χ1v) is 8.50. The summed E-state index contributed by atoms with van der Waals surface area (Å²) in [6, 6.07) is 10.3. The van der Waals surface area contributed by atoms with Crippen LogP contribution in [0, 0.1) is 0 Å². The smallest absolute Gasteiger partial charge is 0.316 e. The summed E-state index contributed by atoms with van der Waals surface area (Å²) in [6.07, 6.45) is 0. The molecule has 138 valence electrons. The average Bonchev–Trinajstić information content (AvgIpc) is 3.14. The van der Waals surface area contributed by atoms with Crippen LogP contribution in [0.1, 0.15) is 22.8 Å². The zero-order valence-electron chi connectivity index (χ0n) is 14.6. The van der Waals surface area contributed by atoms with Gasteiger partial charge < -0.3 is 24.3 Å². The summed E-state index contributed by atoms with van der Waals surface area (Å²) in [6.45, 7) is 2.67. The molecule has 0 unspecified atom stereocenters. The Balaban J connectivity index is 1.57. The quantitative estimate of drug-likeness (QED) is 0.678. The number of rotatable bonds is 4. The molecule has 0 saturated heterocycles. The summed E-state index contributed by atoms with van der Waals surface area (Å²) in [5.41, 5.74) is 0.973. The van der Waals surface area contributed by atoms with Crippen LogP contribution in [0.4, 0.5) is 0 Å². The maximum atomic E-state index is 12.5. The number of fused-ring (bicyclic) bond motifs is 2. The van der Waals surface area contributed by atoms with E-state index >= 15 is 0 Å². The van der Waals surface area contributed by atoms with Crippen molar-refractivity contribution in [3.8, 4) is 11.5 Å². The van der Waals surface area contributed by atoms with E-state index in [9.17, 15) is 14.4 Å². The van der Waals surface area contributed by atoms with Gasteiger partial charge in [0.2, 0.25) is 6.79 Å². The first-order valence-electron chi connectivity index (χ1n) is 8.50. The lowest BCUT2D eigenvalue weighted by atomic mass is 10.1. The van der Waals surface area contributed by atoms with Gasteiger partial charge in [0, 0.05) is 18.7 Å². The summed E-state index contributed by atoms with van der Waals surface area (Å²) in [4.78, 5) is 38.7. The van der Waals surface area contributed by atoms with Crippen molar-refractivity contribution in [2.24, 2.45) is 0 Å². The summed E-state index contributed by atoms with van der Waals surface area (Å²) >= 11 is 0. The van der Waals surface area contributed by atoms with Gasteiger partial charge in [-0.15, -0.1) is 0 Å². The van der Waals surface area contributed by atoms with Gasteiger partial charge in [-0.05, 0) is 42.8 Å². The fraction of sp³-hybridized carbons (Fsp3) is 0.211. The fourth-order valence-corrected chi connectivity index (χ4v) is 3.07. The molecule has 0 bridgehead atoms. The Labute approximate surface area is 153 Å². The molecular formula is C19H17N3O5. The van der Waals surface area contributed by atoms with Gasteiger partial charge in [-0.25, -0.2) is 0 Å². The van der Waals surface area contributed by atoms with Crippen molar-refractivity contribution >= 4 is 16.9 Å². The molecule has 0 aliphatic carbocycles. The number of hydrogen-bond donors (Lipinski definition) is 2. The minimum atomic E-state index is -0.706. The van der Waals surface area contributed by atoms with Crippen molar-refractivity contribution in [2.45, 2.75) is 20.0 Å². The fourth-order valence-electron chi connectivity index (χ4n) is 3.07. The maximum absolute atomic E-state index is 12.5. The molecule has 1 aliphatic heterocycles. The van der Waals surface area contributed by atoms with Crippen molar-refractivity contribution < 1.29 is 14.3 Å². The van der Waals surface area contributed by atoms with Crippen LogP contribution in [0.15, 0.2) is 46.0 Å². The standard InChI is InChI=1S/C19H17N3O5/c1-2-22-14-5-4-12(8-13(14)21-18(24)19(22)25)17(23)20-9-11-3-6-15-16(7-11)27-10-26-15/h3-8H,2,9-10H2,1H3,(H,20,23)(H,21,24). The third-order valence-corrected chi connectivity index (χ3v) is 4.44. The van der Waals surface area contributed by atoms with E-state index in [0.717, 1.165) is 5.56 Å². The van der Waals surface area contributed by atoms with Gasteiger partial charge >= 0.3 is 11.1 Å². The Morgan fingerprint density at radius 2 is 1.96 bits per heavy atom. The normalized spacial score (nSPS) is 12.3. The van der Waals surface area contributed by atoms with Crippen LogP contribution in [0.2, 0.25) is 0 Å². The number of nitrogens with one attached hydrogen (secondary N) is 2. The molecule has 2 N–H and O–H groups in total. The van der Waals surface area contributed by atoms with Gasteiger partial charge in [-0.1, -0.05) is 6.07 Å². The molecule has 27 heavy (non-hydrogen) atoms. The molecule has 1 amide bonds. The third kappa shape index (κ3) is 3.05. The molecule has 0 fully saturated rings. The molecule has 1 aromatic heterocycles. The lowest BCUT2D eigenvalue weighted by molar-refractivity contribution is 0.0951. The molecule has 2 heterocycles. The lowest BCUT2D eigenvalue weighted by Gasteiger charge is -2.09. The lowest BCUT2D eigenvalue weighted by Crippen LogP contribution is -2.36. The summed E-state index contributed by atoms with van der Waals surface area (Å²) in [5, 5.41) is 2.83. The van der Waals surface area contributed by atoms with E-state index in [0.29, 0.717) is 41.2 Å². The van der Waals surface area contributed by atoms with E-state index in [1.165, 1.54) is 4.57 Å². The van der Waals surface area contributed by atoms with Crippen LogP contribution in [-0.2, 0) is 13.1 Å². The molecule has 4 rings (SSSR count). The van der Waals surface area contributed by atoms with Crippen molar-refractivity contribution in [1.29, 1.82) is 0 Å². The molecule has 0 saturated carbocycles. The number of aromatic amines is 1. The molecule has 8 heteroatoms. The van der Waals surface area contributed by atoms with E-state index in [4.69, 9.17) is 9.47 Å². The van der Waals surface area contributed by atoms with Gasteiger partial charge in [0.15, 0.2) is 11.5 Å². The highest BCUT2D eigenvalue weighted by atomic mass is 16.7. The highest BCUT2D eigenvalue weighted by Gasteiger charge is 2.14. The summed E-state index contributed by atoms with van der Waals surface area (Å²) in [5.74, 6) is 1.05. The second kappa shape index (κ2) is 6.64. The van der Waals surface area contributed by atoms with Crippen LogP contribution in [-0.4, -0.2) is 22.3 Å². The molecule has 2 aromatic carbocycles. The predicted octanol–water partition coefficient (Wildman–Crippen LogP) is 1.37. The Bertz CT molecular complexity index is 1160. The van der Waals surface area contributed by atoms with Crippen LogP contribution >= 0.6 is 0 Å². The van der Waals surface area contributed by atoms with Crippen molar-refractivity contribution in [2.75, 3.05) is 6.79 Å². The number of aryl methyl sites for hydroxylation is 1. The van der Waals surface area contributed by atoms with E-state index in [1.807, 2.05) is 12.1 Å². The number of aromatic nitrogens is 2. The van der Waals surface area contributed by atoms with Crippen LogP contribution in [0.3, 0.4) is 0 Å². The number of amides is 1. The first-order chi connectivity index (χ1) is 13.1. The Morgan fingerprint density at radius 1 is 1.15 bits per heavy atom. The van der Waals surface area contributed by atoms with E-state index < -0.39 is 11.1 Å². The second-order valence-corrected chi connectivity index (χ2v) is 6.11. The Hall–Kier alpha value is -3.55. The second-order valence-electron chi connectivity index (χ2n) is 6.11. The van der Waals surface area contributed by atoms with Crippen LogP contribution in [0.25, 0.3) is 11.0 Å². The molecule has 8 nitrogen and oxygen atoms in total. The number of ether oxygens (including phenoxy) is 2. The van der Waals surface area contributed by atoms with Gasteiger partial charge in [-0.3, -0.25) is 14.4 Å². The largest absolute Gasteiger partial charge is 0.454 e. The topological polar surface area (TPSA) is 102 Å². The molecule has 0 spiro atoms. The monoisotopic (exact) mass is 367 g/mol. The van der Waals surface area contributed by atoms with E-state index in [-0.39, 0.29) is 12.7 Å². The summed E-state index contributed by atoms with van der Waals surface area (Å²) in [7, 11) is 0. The van der Waals surface area contributed by atoms with Crippen molar-refractivity contribution in [1.82, 2.24) is 14.9 Å². The number of carbonyl (C=O) groups is 1. The number of H-pyrrole nitrogens is 1. The van der Waals surface area contributed by atoms with Crippen LogP contribution in [0.5, 0.6) is 11.5 Å². The SMILES string of the molecule is CCn1c(=O)c(=O)[nH]c2cc(C(=O)NCc3ccc4c(c3)OCO4)ccc21. The number of benzene rings is 2. The molecular weight excluding hydrogens is 350 g/mol. The van der Waals surface area contributed by atoms with Crippen molar-refractivity contribution in [3.05, 3.63) is 68.2 Å². The first kappa shape index (κ1) is 16.9. The maximum Gasteiger partial charge on any atom is 0.316 e. The van der Waals surface area contributed by atoms with Gasteiger partial charge in [-0.2, -0.15) is 0 Å². The zero-order valence-corrected chi connectivity index (χ0v) is 14.6. The zero-order chi connectivity index (χ0) is 19.0. The predicted molar refractivity (Wildman–Crippen MR) is 98.2 cm³/mol. The number of nitrogens with zero attached hydrogens (tertiary/aromatic N) is 1. The summed E-state index contributed by atoms with van der Waals surface area (Å²) < 4.78 is 12.0. The highest BCUT2D eigenvalue weighted by molar-refractivity contribution is 5.97. The average molecular weight is 367 g/mol. The van der Waals surface area contributed by atoms with Gasteiger partial charge in [0.1, 0.15) is 0 Å². The minimum Gasteiger partial charge on any atom is -0.454 e. The number of carbonyl (C=O) groups excluding carboxylic acids is 1. The Kier molecular flexibility index (Phi) is 4.15. The van der Waals surface area contributed by atoms with E-state index in [2.05, 4.69) is 10.3 Å². The van der Waals surface area contributed by atoms with Gasteiger partial charge in [0.25, 0.3) is 5.91 Å². The van der Waals surface area contributed by atoms with Crippen molar-refractivity contribution in [3.63, 3.8) is 0 Å². The molecule has 0 radical (unpaired) electrons. The highest BCUT2D eigenvalue weighted by Crippen LogP contribution is 2.32. The van der Waals surface area contributed by atoms with Crippen LogP contribution < -0.4 is 25.9 Å². The molecule has 1 aliphatic rings. The minimum absolute atomic E-state index is 0.198. The Morgan fingerprint density at radius 3 is 2.78 bits per heavy atom. The molecule has 0 atom stereocenters. The number of hydrogen-bond acceptors (Lipinski definition) is 5. The molecule has 3 aromatic rings. The van der Waals surface area contributed by atoms with Gasteiger partial charge in [0.05, 0.1) is 11.0 Å².